The Bertz CT molecular complexity index is 766. The third-order valence-corrected chi connectivity index (χ3v) is 3.27. The van der Waals surface area contributed by atoms with Gasteiger partial charge in [0.15, 0.2) is 0 Å². The summed E-state index contributed by atoms with van der Waals surface area (Å²) in [6.07, 6.45) is 0. The lowest BCUT2D eigenvalue weighted by atomic mass is 10.2. The molecule has 0 radical (unpaired) electrons. The number of nitrogens with zero attached hydrogens (tertiary/aromatic N) is 1. The van der Waals surface area contributed by atoms with Gasteiger partial charge < -0.3 is 4.42 Å². The van der Waals surface area contributed by atoms with Gasteiger partial charge in [-0.05, 0) is 40.2 Å². The summed E-state index contributed by atoms with van der Waals surface area (Å²) < 4.78 is 6.03. The smallest absolute Gasteiger partial charge is 0.347 e. The van der Waals surface area contributed by atoms with Gasteiger partial charge in [0, 0.05) is 10.0 Å². The Kier molecular flexibility index (Phi) is 2.72. The van der Waals surface area contributed by atoms with E-state index in [4.69, 9.17) is 4.42 Å². The lowest BCUT2D eigenvalue weighted by Crippen LogP contribution is -2.03. The summed E-state index contributed by atoms with van der Waals surface area (Å²) >= 11 is 3.39. The Balaban J connectivity index is 2.34. The molecule has 1 aromatic heterocycles. The second kappa shape index (κ2) is 4.38. The Morgan fingerprint density at radius 2 is 1.78 bits per heavy atom. The van der Waals surface area contributed by atoms with Gasteiger partial charge in [-0.2, -0.15) is 0 Å². The SMILES string of the molecule is O=c1oc(-c2ccccc2)nc2c(Br)cccc12. The molecule has 1 heterocycles. The summed E-state index contributed by atoms with van der Waals surface area (Å²) in [7, 11) is 0. The number of fused-ring (bicyclic) bond motifs is 1. The average Bonchev–Trinajstić information content (AvgIpc) is 2.41. The highest BCUT2D eigenvalue weighted by Crippen LogP contribution is 2.23. The fourth-order valence-corrected chi connectivity index (χ4v) is 2.22. The third-order valence-electron chi connectivity index (χ3n) is 2.63. The van der Waals surface area contributed by atoms with Gasteiger partial charge >= 0.3 is 5.63 Å². The summed E-state index contributed by atoms with van der Waals surface area (Å²) in [4.78, 5) is 16.3. The van der Waals surface area contributed by atoms with Gasteiger partial charge in [-0.3, -0.25) is 0 Å². The molecule has 0 saturated carbocycles. The first kappa shape index (κ1) is 11.2. The van der Waals surface area contributed by atoms with Crippen molar-refractivity contribution in [3.05, 3.63) is 63.4 Å². The second-order valence-corrected chi connectivity index (χ2v) is 4.66. The van der Waals surface area contributed by atoms with Crippen molar-refractivity contribution in [3.63, 3.8) is 0 Å². The zero-order valence-corrected chi connectivity index (χ0v) is 10.8. The summed E-state index contributed by atoms with van der Waals surface area (Å²) in [6, 6.07) is 14.7. The van der Waals surface area contributed by atoms with Gasteiger partial charge in [-0.1, -0.05) is 24.3 Å². The van der Waals surface area contributed by atoms with E-state index in [1.165, 1.54) is 0 Å². The molecule has 0 aliphatic carbocycles. The van der Waals surface area contributed by atoms with E-state index in [1.54, 1.807) is 12.1 Å². The maximum atomic E-state index is 11.9. The molecule has 0 aliphatic heterocycles. The Hall–Kier alpha value is -1.94. The number of rotatable bonds is 1. The molecule has 0 aliphatic rings. The molecule has 0 saturated heterocycles. The molecule has 4 heteroatoms. The number of halogens is 1. The number of benzene rings is 2. The third kappa shape index (κ3) is 1.84. The first-order chi connectivity index (χ1) is 8.75. The largest absolute Gasteiger partial charge is 0.403 e. The molecule has 3 aromatic rings. The topological polar surface area (TPSA) is 43.1 Å². The van der Waals surface area contributed by atoms with Crippen molar-refractivity contribution < 1.29 is 4.42 Å². The summed E-state index contributed by atoms with van der Waals surface area (Å²) in [5.41, 5.74) is 1.03. The predicted octanol–water partition coefficient (Wildman–Crippen LogP) is 3.62. The Morgan fingerprint density at radius 3 is 2.56 bits per heavy atom. The molecule has 3 rings (SSSR count). The molecule has 0 fully saturated rings. The maximum Gasteiger partial charge on any atom is 0.347 e. The molecular formula is C14H8BrNO2. The minimum absolute atomic E-state index is 0.333. The molecule has 0 amide bonds. The first-order valence-electron chi connectivity index (χ1n) is 5.40. The van der Waals surface area contributed by atoms with Crippen LogP contribution in [0, 0.1) is 0 Å². The molecule has 3 nitrogen and oxygen atoms in total. The molecule has 0 N–H and O–H groups in total. The molecule has 18 heavy (non-hydrogen) atoms. The van der Waals surface area contributed by atoms with Crippen LogP contribution in [0.4, 0.5) is 0 Å². The van der Waals surface area contributed by atoms with Gasteiger partial charge in [0.2, 0.25) is 5.89 Å². The van der Waals surface area contributed by atoms with Gasteiger partial charge in [-0.25, -0.2) is 9.78 Å². The zero-order valence-electron chi connectivity index (χ0n) is 9.26. The van der Waals surface area contributed by atoms with Crippen LogP contribution in [0.5, 0.6) is 0 Å². The van der Waals surface area contributed by atoms with Crippen LogP contribution < -0.4 is 5.63 Å². The van der Waals surface area contributed by atoms with Crippen LogP contribution in [0.2, 0.25) is 0 Å². The van der Waals surface area contributed by atoms with E-state index < -0.39 is 0 Å². The van der Waals surface area contributed by atoms with E-state index in [1.807, 2.05) is 36.4 Å². The Morgan fingerprint density at radius 1 is 1.00 bits per heavy atom. The quantitative estimate of drug-likeness (QED) is 0.689. The van der Waals surface area contributed by atoms with Gasteiger partial charge in [0.1, 0.15) is 0 Å². The van der Waals surface area contributed by atoms with Crippen molar-refractivity contribution in [2.75, 3.05) is 0 Å². The second-order valence-electron chi connectivity index (χ2n) is 3.81. The van der Waals surface area contributed by atoms with E-state index in [0.29, 0.717) is 16.8 Å². The van der Waals surface area contributed by atoms with Crippen molar-refractivity contribution >= 4 is 26.8 Å². The van der Waals surface area contributed by atoms with Crippen LogP contribution >= 0.6 is 15.9 Å². The highest BCUT2D eigenvalue weighted by molar-refractivity contribution is 9.10. The molecular weight excluding hydrogens is 294 g/mol. The van der Waals surface area contributed by atoms with E-state index in [-0.39, 0.29) is 5.63 Å². The fraction of sp³-hybridized carbons (Fsp3) is 0. The minimum atomic E-state index is -0.375. The normalized spacial score (nSPS) is 10.7. The van der Waals surface area contributed by atoms with Crippen molar-refractivity contribution in [2.24, 2.45) is 0 Å². The highest BCUT2D eigenvalue weighted by atomic mass is 79.9. The lowest BCUT2D eigenvalue weighted by Gasteiger charge is -2.02. The van der Waals surface area contributed by atoms with E-state index in [0.717, 1.165) is 10.0 Å². The zero-order chi connectivity index (χ0) is 12.5. The summed E-state index contributed by atoms with van der Waals surface area (Å²) in [5, 5.41) is 0.476. The molecule has 0 bridgehead atoms. The van der Waals surface area contributed by atoms with Crippen LogP contribution in [-0.4, -0.2) is 4.98 Å². The van der Waals surface area contributed by atoms with Crippen molar-refractivity contribution in [3.8, 4) is 11.5 Å². The van der Waals surface area contributed by atoms with Gasteiger partial charge in [-0.15, -0.1) is 0 Å². The molecule has 88 valence electrons. The number of hydrogen-bond acceptors (Lipinski definition) is 3. The van der Waals surface area contributed by atoms with Crippen LogP contribution in [0.15, 0.2) is 62.2 Å². The number of hydrogen-bond donors (Lipinski definition) is 0. The lowest BCUT2D eigenvalue weighted by molar-refractivity contribution is 0.518. The first-order valence-corrected chi connectivity index (χ1v) is 6.20. The fourth-order valence-electron chi connectivity index (χ4n) is 1.77. The highest BCUT2D eigenvalue weighted by Gasteiger charge is 2.09. The predicted molar refractivity (Wildman–Crippen MR) is 73.4 cm³/mol. The van der Waals surface area contributed by atoms with Crippen molar-refractivity contribution in [2.45, 2.75) is 0 Å². The maximum absolute atomic E-state index is 11.9. The standard InChI is InChI=1S/C14H8BrNO2/c15-11-8-4-7-10-12(11)16-13(18-14(10)17)9-5-2-1-3-6-9/h1-8H. The minimum Gasteiger partial charge on any atom is -0.403 e. The van der Waals surface area contributed by atoms with Crippen LogP contribution in [0.25, 0.3) is 22.4 Å². The average molecular weight is 302 g/mol. The molecule has 0 spiro atoms. The Labute approximate surface area is 111 Å². The van der Waals surface area contributed by atoms with Crippen molar-refractivity contribution in [1.29, 1.82) is 0 Å². The van der Waals surface area contributed by atoms with E-state index >= 15 is 0 Å². The monoisotopic (exact) mass is 301 g/mol. The van der Waals surface area contributed by atoms with Crippen LogP contribution in [0.1, 0.15) is 0 Å². The van der Waals surface area contributed by atoms with Gasteiger partial charge in [0.25, 0.3) is 0 Å². The van der Waals surface area contributed by atoms with Crippen molar-refractivity contribution in [1.82, 2.24) is 4.98 Å². The van der Waals surface area contributed by atoms with Gasteiger partial charge in [0.05, 0.1) is 10.9 Å². The van der Waals surface area contributed by atoms with Crippen LogP contribution in [-0.2, 0) is 0 Å². The molecule has 0 unspecified atom stereocenters. The van der Waals surface area contributed by atoms with E-state index in [9.17, 15) is 4.79 Å². The number of aromatic nitrogens is 1. The summed E-state index contributed by atoms with van der Waals surface area (Å²) in [6.45, 7) is 0. The van der Waals surface area contributed by atoms with Crippen LogP contribution in [0.3, 0.4) is 0 Å². The van der Waals surface area contributed by atoms with E-state index in [2.05, 4.69) is 20.9 Å². The summed E-state index contributed by atoms with van der Waals surface area (Å²) in [5.74, 6) is 0.333. The molecule has 0 atom stereocenters. The molecule has 2 aromatic carbocycles. The number of para-hydroxylation sites is 1.